The normalized spacial score (nSPS) is 9.06. The minimum Gasteiger partial charge on any atom is -0.436 e. The van der Waals surface area contributed by atoms with E-state index in [0.717, 1.165) is 11.5 Å². The Morgan fingerprint density at radius 3 is 2.44 bits per heavy atom. The smallest absolute Gasteiger partial charge is 0.408 e. The Balaban J connectivity index is 3.21. The molecule has 0 fully saturated rings. The Bertz CT molecular complexity index is 316. The molecule has 0 bridgehead atoms. The predicted octanol–water partition coefficient (Wildman–Crippen LogP) is 1.03. The van der Waals surface area contributed by atoms with Crippen LogP contribution in [0.2, 0.25) is 0 Å². The Morgan fingerprint density at radius 2 is 1.89 bits per heavy atom. The molecule has 0 spiro atoms. The summed E-state index contributed by atoms with van der Waals surface area (Å²) in [5.41, 5.74) is 0. The van der Waals surface area contributed by atoms with Gasteiger partial charge in [-0.25, -0.2) is 4.79 Å². The summed E-state index contributed by atoms with van der Waals surface area (Å²) in [6.07, 6.45) is 5.67. The maximum atomic E-state index is 10.9. The molecule has 0 atom stereocenters. The second kappa shape index (κ2) is 12.2. The lowest BCUT2D eigenvalue weighted by atomic mass is 10.6. The summed E-state index contributed by atoms with van der Waals surface area (Å²) in [6, 6.07) is 0. The molecule has 0 saturated heterocycles. The van der Waals surface area contributed by atoms with Crippen molar-refractivity contribution in [3.8, 4) is 12.3 Å². The van der Waals surface area contributed by atoms with Crippen LogP contribution in [0.15, 0.2) is 12.7 Å². The molecule has 2 N–H and O–H groups in total. The zero-order valence-corrected chi connectivity index (χ0v) is 11.6. The molecule has 0 aromatic rings. The molecule has 0 unspecified atom stereocenters. The van der Waals surface area contributed by atoms with Crippen molar-refractivity contribution >= 4 is 33.6 Å². The third-order valence-corrected chi connectivity index (χ3v) is 3.90. The number of rotatable bonds is 9. The van der Waals surface area contributed by atoms with E-state index >= 15 is 0 Å². The van der Waals surface area contributed by atoms with Crippen LogP contribution in [0.4, 0.5) is 4.79 Å². The van der Waals surface area contributed by atoms with Gasteiger partial charge in [-0.1, -0.05) is 34.1 Å². The van der Waals surface area contributed by atoms with Gasteiger partial charge in [0, 0.05) is 24.6 Å². The third-order valence-electron chi connectivity index (χ3n) is 1.49. The first-order valence-corrected chi connectivity index (χ1v) is 7.68. The van der Waals surface area contributed by atoms with Crippen molar-refractivity contribution in [2.45, 2.75) is 0 Å². The van der Waals surface area contributed by atoms with E-state index in [1.807, 2.05) is 0 Å². The van der Waals surface area contributed by atoms with Gasteiger partial charge in [0.1, 0.15) is 0 Å². The Labute approximate surface area is 115 Å². The van der Waals surface area contributed by atoms with E-state index in [0.29, 0.717) is 13.1 Å². The highest BCUT2D eigenvalue weighted by Gasteiger charge is 1.99. The second-order valence-electron chi connectivity index (χ2n) is 2.85. The van der Waals surface area contributed by atoms with E-state index < -0.39 is 6.09 Å². The van der Waals surface area contributed by atoms with Crippen molar-refractivity contribution in [1.82, 2.24) is 10.6 Å². The van der Waals surface area contributed by atoms with E-state index in [9.17, 15) is 9.59 Å². The number of terminal acetylenes is 1. The lowest BCUT2D eigenvalue weighted by Crippen LogP contribution is -2.26. The van der Waals surface area contributed by atoms with Crippen LogP contribution in [-0.4, -0.2) is 43.2 Å². The summed E-state index contributed by atoms with van der Waals surface area (Å²) >= 11 is 0. The van der Waals surface area contributed by atoms with Gasteiger partial charge in [-0.2, -0.15) is 0 Å². The number of hydrogen-bond acceptors (Lipinski definition) is 5. The summed E-state index contributed by atoms with van der Waals surface area (Å²) in [5.74, 6) is 3.59. The minimum absolute atomic E-state index is 0.0171. The van der Waals surface area contributed by atoms with Crippen LogP contribution in [0.1, 0.15) is 0 Å². The lowest BCUT2D eigenvalue weighted by Gasteiger charge is -2.04. The number of alkyl carbamates (subject to hydrolysis) is 1. The average Bonchev–Trinajstić information content (AvgIpc) is 2.38. The highest BCUT2D eigenvalue weighted by Crippen LogP contribution is 2.19. The minimum atomic E-state index is -0.503. The Kier molecular flexibility index (Phi) is 11.3. The molecular formula is C11H16N2O3S2. The van der Waals surface area contributed by atoms with Gasteiger partial charge in [-0.15, -0.1) is 6.42 Å². The highest BCUT2D eigenvalue weighted by molar-refractivity contribution is 8.76. The Morgan fingerprint density at radius 1 is 1.28 bits per heavy atom. The number of carbonyl (C=O) groups is 2. The average molecular weight is 288 g/mol. The van der Waals surface area contributed by atoms with Crippen molar-refractivity contribution in [2.24, 2.45) is 0 Å². The van der Waals surface area contributed by atoms with Gasteiger partial charge in [0.05, 0.1) is 0 Å². The van der Waals surface area contributed by atoms with Gasteiger partial charge >= 0.3 is 6.09 Å². The first kappa shape index (κ1) is 16.7. The molecule has 0 aliphatic carbocycles. The molecule has 0 aliphatic heterocycles. The molecule has 0 aromatic heterocycles. The van der Waals surface area contributed by atoms with Crippen molar-refractivity contribution < 1.29 is 14.3 Å². The van der Waals surface area contributed by atoms with Crippen molar-refractivity contribution in [3.05, 3.63) is 12.7 Å². The van der Waals surface area contributed by atoms with E-state index in [4.69, 9.17) is 6.42 Å². The predicted molar refractivity (Wildman–Crippen MR) is 76.3 cm³/mol. The number of nitrogens with one attached hydrogen (secondary N) is 2. The Hall–Kier alpha value is -1.26. The van der Waals surface area contributed by atoms with Gasteiger partial charge in [-0.3, -0.25) is 4.79 Å². The van der Waals surface area contributed by atoms with Crippen LogP contribution in [-0.2, 0) is 9.53 Å². The first-order chi connectivity index (χ1) is 8.70. The molecule has 2 amide bonds. The van der Waals surface area contributed by atoms with Gasteiger partial charge in [-0.05, 0) is 6.08 Å². The molecule has 5 nitrogen and oxygen atoms in total. The highest BCUT2D eigenvalue weighted by atomic mass is 33.1. The third kappa shape index (κ3) is 11.2. The quantitative estimate of drug-likeness (QED) is 0.287. The SMILES string of the molecule is C#CCOC(=O)NCCSSCCNC(=O)C=C. The molecule has 0 aromatic carbocycles. The van der Waals surface area contributed by atoms with Crippen molar-refractivity contribution in [3.63, 3.8) is 0 Å². The van der Waals surface area contributed by atoms with Gasteiger partial charge in [0.2, 0.25) is 5.91 Å². The summed E-state index contributed by atoms with van der Waals surface area (Å²) in [4.78, 5) is 21.7. The number of ether oxygens (including phenoxy) is 1. The fourth-order valence-electron chi connectivity index (χ4n) is 0.759. The van der Waals surface area contributed by atoms with E-state index in [-0.39, 0.29) is 12.5 Å². The van der Waals surface area contributed by atoms with Gasteiger partial charge in [0.25, 0.3) is 0 Å². The molecule has 7 heteroatoms. The molecular weight excluding hydrogens is 272 g/mol. The van der Waals surface area contributed by atoms with Crippen LogP contribution in [0.3, 0.4) is 0 Å². The molecule has 18 heavy (non-hydrogen) atoms. The molecule has 100 valence electrons. The van der Waals surface area contributed by atoms with Crippen molar-refractivity contribution in [1.29, 1.82) is 0 Å². The van der Waals surface area contributed by atoms with Crippen molar-refractivity contribution in [2.75, 3.05) is 31.2 Å². The summed E-state index contributed by atoms with van der Waals surface area (Å²) in [7, 11) is 3.23. The molecule has 0 saturated carbocycles. The van der Waals surface area contributed by atoms with Gasteiger partial charge in [0.15, 0.2) is 6.61 Å². The number of carbonyl (C=O) groups excluding carboxylic acids is 2. The number of hydrogen-bond donors (Lipinski definition) is 2. The van der Waals surface area contributed by atoms with Crippen LogP contribution < -0.4 is 10.6 Å². The van der Waals surface area contributed by atoms with Crippen LogP contribution in [0, 0.1) is 12.3 Å². The van der Waals surface area contributed by atoms with Crippen LogP contribution >= 0.6 is 21.6 Å². The second-order valence-corrected chi connectivity index (χ2v) is 5.55. The van der Waals surface area contributed by atoms with E-state index in [1.165, 1.54) is 6.08 Å². The zero-order valence-electron chi connectivity index (χ0n) is 9.94. The first-order valence-electron chi connectivity index (χ1n) is 5.19. The topological polar surface area (TPSA) is 67.4 Å². The fraction of sp³-hybridized carbons (Fsp3) is 0.455. The summed E-state index contributed by atoms with van der Waals surface area (Å²) in [5, 5.41) is 5.23. The fourth-order valence-corrected chi connectivity index (χ4v) is 2.57. The van der Waals surface area contributed by atoms with Crippen LogP contribution in [0.25, 0.3) is 0 Å². The largest absolute Gasteiger partial charge is 0.436 e. The molecule has 0 radical (unpaired) electrons. The maximum absolute atomic E-state index is 10.9. The maximum Gasteiger partial charge on any atom is 0.408 e. The summed E-state index contributed by atoms with van der Waals surface area (Å²) < 4.78 is 4.62. The zero-order chi connectivity index (χ0) is 13.6. The standard InChI is InChI=1S/C11H16N2O3S2/c1-3-7-16-11(15)13-6-9-18-17-8-5-12-10(14)4-2/h1,4H,2,5-9H2,(H,12,14)(H,13,15). The lowest BCUT2D eigenvalue weighted by molar-refractivity contribution is -0.116. The molecule has 0 heterocycles. The van der Waals surface area contributed by atoms with E-state index in [2.05, 4.69) is 27.9 Å². The van der Waals surface area contributed by atoms with Crippen LogP contribution in [0.5, 0.6) is 0 Å². The molecule has 0 aliphatic rings. The monoisotopic (exact) mass is 288 g/mol. The molecule has 0 rings (SSSR count). The van der Waals surface area contributed by atoms with Gasteiger partial charge < -0.3 is 15.4 Å². The van der Waals surface area contributed by atoms with E-state index in [1.54, 1.807) is 21.6 Å². The summed E-state index contributed by atoms with van der Waals surface area (Å²) in [6.45, 7) is 4.44. The number of amides is 2.